The largest absolute Gasteiger partial charge is 0.307 e. The second-order valence-corrected chi connectivity index (χ2v) is 6.96. The lowest BCUT2D eigenvalue weighted by atomic mass is 10.0. The molecule has 6 heteroatoms. The predicted octanol–water partition coefficient (Wildman–Crippen LogP) is 3.68. The topological polar surface area (TPSA) is 76.7 Å². The molecule has 0 bridgehead atoms. The summed E-state index contributed by atoms with van der Waals surface area (Å²) in [6.07, 6.45) is 4.89. The number of aromatic nitrogens is 3. The number of nitrogens with two attached hydrogens (primary N) is 1. The van der Waals surface area contributed by atoms with Gasteiger partial charge < -0.3 is 5.43 Å². The van der Waals surface area contributed by atoms with Gasteiger partial charge >= 0.3 is 0 Å². The lowest BCUT2D eigenvalue weighted by Gasteiger charge is -2.09. The molecule has 0 radical (unpaired) electrons. The molecule has 0 saturated heterocycles. The molecule has 0 spiro atoms. The molecule has 0 aliphatic heterocycles. The Balaban J connectivity index is 1.91. The summed E-state index contributed by atoms with van der Waals surface area (Å²) in [5.41, 5.74) is 8.69. The van der Waals surface area contributed by atoms with E-state index in [0.29, 0.717) is 5.82 Å². The molecular weight excluding hydrogens is 318 g/mol. The summed E-state index contributed by atoms with van der Waals surface area (Å²) in [5.74, 6) is 6.28. The van der Waals surface area contributed by atoms with Gasteiger partial charge in [0.05, 0.1) is 15.9 Å². The maximum atomic E-state index is 5.62. The monoisotopic (exact) mass is 333 g/mol. The first-order valence-corrected chi connectivity index (χ1v) is 8.79. The quantitative estimate of drug-likeness (QED) is 0.432. The fraction of sp³-hybridized carbons (Fsp3) is 0.167. The van der Waals surface area contributed by atoms with Crippen molar-refractivity contribution in [3.63, 3.8) is 0 Å². The molecule has 0 unspecified atom stereocenters. The van der Waals surface area contributed by atoms with Crippen LogP contribution in [0.25, 0.3) is 31.7 Å². The fourth-order valence-corrected chi connectivity index (χ4v) is 4.75. The first kappa shape index (κ1) is 13.8. The Kier molecular flexibility index (Phi) is 3.01. The molecule has 3 aromatic heterocycles. The van der Waals surface area contributed by atoms with Gasteiger partial charge in [0, 0.05) is 10.9 Å². The maximum Gasteiger partial charge on any atom is 0.161 e. The van der Waals surface area contributed by atoms with Crippen LogP contribution < -0.4 is 11.3 Å². The maximum absolute atomic E-state index is 5.62. The molecule has 4 aromatic rings. The number of hydrazine groups is 1. The van der Waals surface area contributed by atoms with Gasteiger partial charge in [-0.15, -0.1) is 11.3 Å². The lowest BCUT2D eigenvalue weighted by molar-refractivity contribution is 0.913. The van der Waals surface area contributed by atoms with E-state index in [4.69, 9.17) is 10.8 Å². The van der Waals surface area contributed by atoms with Crippen molar-refractivity contribution in [1.29, 1.82) is 0 Å². The lowest BCUT2D eigenvalue weighted by Crippen LogP contribution is -2.08. The zero-order chi connectivity index (χ0) is 16.1. The van der Waals surface area contributed by atoms with Crippen LogP contribution in [0.3, 0.4) is 0 Å². The van der Waals surface area contributed by atoms with Gasteiger partial charge in [-0.05, 0) is 30.4 Å². The Hall–Kier alpha value is -2.57. The van der Waals surface area contributed by atoms with Gasteiger partial charge in [0.1, 0.15) is 11.2 Å². The van der Waals surface area contributed by atoms with Gasteiger partial charge in [-0.25, -0.2) is 20.8 Å². The van der Waals surface area contributed by atoms with E-state index in [2.05, 4.69) is 39.7 Å². The summed E-state index contributed by atoms with van der Waals surface area (Å²) >= 11 is 1.61. The number of nitrogens with one attached hydrogen (secondary N) is 1. The third kappa shape index (κ3) is 1.87. The molecule has 5 nitrogen and oxygen atoms in total. The van der Waals surface area contributed by atoms with Crippen LogP contribution in [0, 0.1) is 0 Å². The summed E-state index contributed by atoms with van der Waals surface area (Å²) in [6.45, 7) is 0. The van der Waals surface area contributed by atoms with Gasteiger partial charge in [-0.3, -0.25) is 0 Å². The van der Waals surface area contributed by atoms with Gasteiger partial charge in [0.2, 0.25) is 0 Å². The Morgan fingerprint density at radius 2 is 1.88 bits per heavy atom. The van der Waals surface area contributed by atoms with Crippen molar-refractivity contribution in [3.8, 4) is 11.3 Å². The van der Waals surface area contributed by atoms with Gasteiger partial charge in [0.15, 0.2) is 5.82 Å². The van der Waals surface area contributed by atoms with Gasteiger partial charge in [-0.2, -0.15) is 0 Å². The first-order chi connectivity index (χ1) is 11.9. The van der Waals surface area contributed by atoms with Crippen LogP contribution in [-0.2, 0) is 12.8 Å². The second kappa shape index (κ2) is 5.22. The summed E-state index contributed by atoms with van der Waals surface area (Å²) < 4.78 is 0.974. The molecule has 3 N–H and O–H groups in total. The number of rotatable bonds is 2. The fourth-order valence-electron chi connectivity index (χ4n) is 3.64. The number of nitrogen functional groups attached to an aromatic ring is 1. The number of nitrogens with zero attached hydrogens (tertiary/aromatic N) is 3. The number of anilines is 1. The van der Waals surface area contributed by atoms with Crippen molar-refractivity contribution >= 4 is 37.6 Å². The van der Waals surface area contributed by atoms with E-state index in [1.807, 2.05) is 6.07 Å². The van der Waals surface area contributed by atoms with Crippen LogP contribution in [0.2, 0.25) is 0 Å². The molecule has 3 heterocycles. The standard InChI is InChI=1S/C18H15N5S/c19-23-17-16-15(20-9-21-17)13-11-7-4-8-12(11)14(22-18(13)24-16)10-5-2-1-3-6-10/h1-3,5-6,9H,4,7-8,19H2,(H,20,21,23). The minimum Gasteiger partial charge on any atom is -0.307 e. The molecule has 1 aliphatic carbocycles. The molecule has 118 valence electrons. The molecule has 0 saturated carbocycles. The number of pyridine rings is 1. The molecular formula is C18H15N5S. The van der Waals surface area contributed by atoms with Crippen molar-refractivity contribution < 1.29 is 0 Å². The molecule has 1 aliphatic rings. The number of thiophene rings is 1. The first-order valence-electron chi connectivity index (χ1n) is 7.98. The molecule has 0 atom stereocenters. The predicted molar refractivity (Wildman–Crippen MR) is 98.0 cm³/mol. The van der Waals surface area contributed by atoms with Crippen molar-refractivity contribution in [2.24, 2.45) is 5.84 Å². The highest BCUT2D eigenvalue weighted by molar-refractivity contribution is 7.26. The highest BCUT2D eigenvalue weighted by atomic mass is 32.1. The van der Waals surface area contributed by atoms with Crippen molar-refractivity contribution in [2.45, 2.75) is 19.3 Å². The van der Waals surface area contributed by atoms with Gasteiger partial charge in [-0.1, -0.05) is 30.3 Å². The second-order valence-electron chi connectivity index (χ2n) is 5.96. The number of benzene rings is 1. The van der Waals surface area contributed by atoms with Crippen molar-refractivity contribution in [2.75, 3.05) is 5.43 Å². The summed E-state index contributed by atoms with van der Waals surface area (Å²) in [5, 5.41) is 1.18. The van der Waals surface area contributed by atoms with Crippen LogP contribution in [0.4, 0.5) is 5.82 Å². The summed E-state index contributed by atoms with van der Waals surface area (Å²) in [7, 11) is 0. The Morgan fingerprint density at radius 1 is 1.04 bits per heavy atom. The van der Waals surface area contributed by atoms with Crippen molar-refractivity contribution in [3.05, 3.63) is 47.8 Å². The Bertz CT molecular complexity index is 1070. The summed E-state index contributed by atoms with van der Waals surface area (Å²) in [6, 6.07) is 10.4. The van der Waals surface area contributed by atoms with E-state index in [9.17, 15) is 0 Å². The average Bonchev–Trinajstić information content (AvgIpc) is 3.25. The third-order valence-corrected chi connectivity index (χ3v) is 5.74. The van der Waals surface area contributed by atoms with E-state index in [1.54, 1.807) is 17.7 Å². The van der Waals surface area contributed by atoms with Crippen LogP contribution in [0.5, 0.6) is 0 Å². The number of hydrogen-bond donors (Lipinski definition) is 2. The molecule has 1 aromatic carbocycles. The van der Waals surface area contributed by atoms with Gasteiger partial charge in [0.25, 0.3) is 0 Å². The average molecular weight is 333 g/mol. The van der Waals surface area contributed by atoms with E-state index in [1.165, 1.54) is 28.5 Å². The number of aryl methyl sites for hydroxylation is 1. The highest BCUT2D eigenvalue weighted by Crippen LogP contribution is 2.43. The summed E-state index contributed by atoms with van der Waals surface area (Å²) in [4.78, 5) is 14.8. The van der Waals surface area contributed by atoms with E-state index in [0.717, 1.165) is 33.6 Å². The number of fused-ring (bicyclic) bond motifs is 5. The molecule has 24 heavy (non-hydrogen) atoms. The van der Waals surface area contributed by atoms with Crippen LogP contribution in [0.15, 0.2) is 36.7 Å². The Morgan fingerprint density at radius 3 is 2.71 bits per heavy atom. The normalized spacial score (nSPS) is 13.5. The number of hydrogen-bond acceptors (Lipinski definition) is 6. The zero-order valence-corrected chi connectivity index (χ0v) is 13.7. The molecule has 0 amide bonds. The molecule has 5 rings (SSSR count). The van der Waals surface area contributed by atoms with Crippen LogP contribution in [-0.4, -0.2) is 15.0 Å². The van der Waals surface area contributed by atoms with Crippen LogP contribution in [0.1, 0.15) is 17.5 Å². The van der Waals surface area contributed by atoms with E-state index < -0.39 is 0 Å². The zero-order valence-electron chi connectivity index (χ0n) is 12.9. The van der Waals surface area contributed by atoms with E-state index >= 15 is 0 Å². The highest BCUT2D eigenvalue weighted by Gasteiger charge is 2.24. The minimum atomic E-state index is 0.663. The third-order valence-electron chi connectivity index (χ3n) is 4.66. The SMILES string of the molecule is NNc1ncnc2c1sc1nc(-c3ccccc3)c3c(c12)CCC3. The minimum absolute atomic E-state index is 0.663. The smallest absolute Gasteiger partial charge is 0.161 e. The van der Waals surface area contributed by atoms with Crippen molar-refractivity contribution in [1.82, 2.24) is 15.0 Å². The molecule has 0 fully saturated rings. The van der Waals surface area contributed by atoms with E-state index in [-0.39, 0.29) is 0 Å². The van der Waals surface area contributed by atoms with Crippen LogP contribution >= 0.6 is 11.3 Å². The Labute approximate surface area is 142 Å².